The fraction of sp³-hybridized carbons (Fsp3) is 0.682. The van der Waals surface area contributed by atoms with Crippen molar-refractivity contribution in [1.29, 1.82) is 0 Å². The number of carbonyl (C=O) groups is 1. The molecule has 2 fully saturated rings. The molecule has 2 nitrogen and oxygen atoms in total. The Morgan fingerprint density at radius 3 is 2.96 bits per heavy atom. The molecule has 0 amide bonds. The monoisotopic (exact) mass is 324 g/mol. The van der Waals surface area contributed by atoms with E-state index in [1.807, 2.05) is 6.08 Å². The number of ether oxygens (including phenoxy) is 1. The first-order valence-electron chi connectivity index (χ1n) is 9.93. The number of ketones is 1. The third kappa shape index (κ3) is 1.78. The van der Waals surface area contributed by atoms with E-state index < -0.39 is 0 Å². The smallest absolute Gasteiger partial charge is 0.155 e. The van der Waals surface area contributed by atoms with Crippen molar-refractivity contribution in [3.05, 3.63) is 36.0 Å². The second-order valence-electron chi connectivity index (χ2n) is 8.65. The maximum absolute atomic E-state index is 11.8. The Labute approximate surface area is 145 Å². The van der Waals surface area contributed by atoms with Crippen LogP contribution in [-0.4, -0.2) is 18.0 Å². The maximum Gasteiger partial charge on any atom is 0.155 e. The molecule has 0 saturated heterocycles. The quantitative estimate of drug-likeness (QED) is 0.658. The van der Waals surface area contributed by atoms with Gasteiger partial charge in [0.2, 0.25) is 0 Å². The highest BCUT2D eigenvalue weighted by atomic mass is 16.5. The summed E-state index contributed by atoms with van der Waals surface area (Å²) in [5, 5.41) is 0. The summed E-state index contributed by atoms with van der Waals surface area (Å²) in [5.74, 6) is 3.14. The number of carbonyl (C=O) groups excluding carboxylic acids is 1. The third-order valence-electron chi connectivity index (χ3n) is 8.20. The SMILES string of the molecule is CC[C@]12CCC3C(C=CC4=CC(=O)CC[C@@H]43)C1CC[C@@]21C=CCO1. The lowest BCUT2D eigenvalue weighted by atomic mass is 9.51. The molecule has 1 spiro atoms. The molecular weight excluding hydrogens is 296 g/mol. The Hall–Kier alpha value is -1.15. The van der Waals surface area contributed by atoms with E-state index in [1.54, 1.807) is 0 Å². The zero-order valence-electron chi connectivity index (χ0n) is 14.7. The minimum atomic E-state index is 0.0177. The van der Waals surface area contributed by atoms with Crippen LogP contribution in [0.2, 0.25) is 0 Å². The number of hydrogen-bond acceptors (Lipinski definition) is 2. The molecule has 2 saturated carbocycles. The molecule has 6 atom stereocenters. The first-order valence-corrected chi connectivity index (χ1v) is 9.93. The van der Waals surface area contributed by atoms with Gasteiger partial charge >= 0.3 is 0 Å². The van der Waals surface area contributed by atoms with Crippen molar-refractivity contribution in [2.45, 2.75) is 57.5 Å². The summed E-state index contributed by atoms with van der Waals surface area (Å²) in [4.78, 5) is 11.8. The van der Waals surface area contributed by atoms with Gasteiger partial charge in [-0.1, -0.05) is 31.2 Å². The molecule has 0 bridgehead atoms. The van der Waals surface area contributed by atoms with Crippen LogP contribution in [0.1, 0.15) is 51.9 Å². The molecule has 0 aromatic carbocycles. The molecule has 2 heteroatoms. The fourth-order valence-corrected chi connectivity index (χ4v) is 7.20. The first-order chi connectivity index (χ1) is 11.7. The summed E-state index contributed by atoms with van der Waals surface area (Å²) in [7, 11) is 0. The van der Waals surface area contributed by atoms with Gasteiger partial charge in [0.1, 0.15) is 0 Å². The molecule has 5 rings (SSSR count). The van der Waals surface area contributed by atoms with Gasteiger partial charge in [-0.25, -0.2) is 0 Å². The molecule has 0 aromatic heterocycles. The first kappa shape index (κ1) is 15.1. The minimum Gasteiger partial charge on any atom is -0.366 e. The highest BCUT2D eigenvalue weighted by Gasteiger charge is 2.64. The van der Waals surface area contributed by atoms with Crippen molar-refractivity contribution in [1.82, 2.24) is 0 Å². The summed E-state index contributed by atoms with van der Waals surface area (Å²) in [6, 6.07) is 0. The Balaban J connectivity index is 1.54. The number of allylic oxidation sites excluding steroid dienone is 4. The number of rotatable bonds is 1. The molecule has 0 radical (unpaired) electrons. The van der Waals surface area contributed by atoms with E-state index >= 15 is 0 Å². The van der Waals surface area contributed by atoms with E-state index in [0.717, 1.165) is 31.3 Å². The van der Waals surface area contributed by atoms with E-state index in [-0.39, 0.29) is 5.60 Å². The van der Waals surface area contributed by atoms with Crippen LogP contribution >= 0.6 is 0 Å². The topological polar surface area (TPSA) is 26.3 Å². The van der Waals surface area contributed by atoms with Gasteiger partial charge in [0, 0.05) is 11.8 Å². The van der Waals surface area contributed by atoms with Gasteiger partial charge in [-0.05, 0) is 73.8 Å². The fourth-order valence-electron chi connectivity index (χ4n) is 7.20. The van der Waals surface area contributed by atoms with Crippen molar-refractivity contribution in [3.8, 4) is 0 Å². The Morgan fingerprint density at radius 2 is 2.17 bits per heavy atom. The normalized spacial score (nSPS) is 49.0. The molecule has 128 valence electrons. The van der Waals surface area contributed by atoms with Crippen molar-refractivity contribution in [2.24, 2.45) is 29.1 Å². The van der Waals surface area contributed by atoms with Crippen molar-refractivity contribution in [2.75, 3.05) is 6.61 Å². The zero-order chi connectivity index (χ0) is 16.4. The summed E-state index contributed by atoms with van der Waals surface area (Å²) in [5.41, 5.74) is 1.67. The lowest BCUT2D eigenvalue weighted by Gasteiger charge is -2.55. The van der Waals surface area contributed by atoms with Crippen LogP contribution in [0, 0.1) is 29.1 Å². The van der Waals surface area contributed by atoms with Crippen LogP contribution in [-0.2, 0) is 9.53 Å². The average molecular weight is 324 g/mol. The molecule has 4 aliphatic carbocycles. The van der Waals surface area contributed by atoms with Crippen LogP contribution in [0.5, 0.6) is 0 Å². The predicted octanol–water partition coefficient (Wildman–Crippen LogP) is 4.62. The second kappa shape index (κ2) is 5.17. The minimum absolute atomic E-state index is 0.0177. The van der Waals surface area contributed by atoms with Gasteiger partial charge in [-0.15, -0.1) is 0 Å². The van der Waals surface area contributed by atoms with Gasteiger partial charge in [0.05, 0.1) is 12.2 Å². The second-order valence-corrected chi connectivity index (χ2v) is 8.65. The molecule has 1 aliphatic heterocycles. The van der Waals surface area contributed by atoms with Gasteiger partial charge in [-0.2, -0.15) is 0 Å². The van der Waals surface area contributed by atoms with E-state index in [4.69, 9.17) is 4.74 Å². The van der Waals surface area contributed by atoms with Crippen LogP contribution in [0.15, 0.2) is 36.0 Å². The lowest BCUT2D eigenvalue weighted by Crippen LogP contribution is -2.52. The molecule has 0 aromatic rings. The number of hydrogen-bond donors (Lipinski definition) is 0. The molecule has 5 aliphatic rings. The Kier molecular flexibility index (Phi) is 3.26. The molecule has 24 heavy (non-hydrogen) atoms. The van der Waals surface area contributed by atoms with Gasteiger partial charge in [-0.3, -0.25) is 4.79 Å². The Morgan fingerprint density at radius 1 is 1.25 bits per heavy atom. The van der Waals surface area contributed by atoms with Crippen molar-refractivity contribution < 1.29 is 9.53 Å². The highest BCUT2D eigenvalue weighted by molar-refractivity contribution is 5.91. The third-order valence-corrected chi connectivity index (χ3v) is 8.20. The van der Waals surface area contributed by atoms with Gasteiger partial charge in [0.15, 0.2) is 5.78 Å². The standard InChI is InChI=1S/C22H28O2/c1-2-21-11-8-18-17-7-5-16(23)14-15(17)4-6-19(18)20(21)9-12-22(21)10-3-13-24-22/h3-4,6,10,14,17-20H,2,5,7-9,11-13H2,1H3/t17-,18?,19?,20?,21-,22-/m0/s1. The van der Waals surface area contributed by atoms with Crippen LogP contribution in [0.3, 0.4) is 0 Å². The van der Waals surface area contributed by atoms with Crippen molar-refractivity contribution in [3.63, 3.8) is 0 Å². The van der Waals surface area contributed by atoms with E-state index in [9.17, 15) is 4.79 Å². The summed E-state index contributed by atoms with van der Waals surface area (Å²) in [6.45, 7) is 3.18. The molecular formula is C22H28O2. The van der Waals surface area contributed by atoms with Crippen molar-refractivity contribution >= 4 is 5.78 Å². The summed E-state index contributed by atoms with van der Waals surface area (Å²) < 4.78 is 6.37. The van der Waals surface area contributed by atoms with Crippen LogP contribution in [0.4, 0.5) is 0 Å². The largest absolute Gasteiger partial charge is 0.366 e. The zero-order valence-corrected chi connectivity index (χ0v) is 14.7. The van der Waals surface area contributed by atoms with E-state index in [1.165, 1.54) is 37.7 Å². The predicted molar refractivity (Wildman–Crippen MR) is 94.4 cm³/mol. The molecule has 0 N–H and O–H groups in total. The lowest BCUT2D eigenvalue weighted by molar-refractivity contribution is -0.117. The molecule has 1 heterocycles. The van der Waals surface area contributed by atoms with Gasteiger partial charge < -0.3 is 4.74 Å². The van der Waals surface area contributed by atoms with Crippen LogP contribution < -0.4 is 0 Å². The number of fused-ring (bicyclic) bond motifs is 6. The Bertz CT molecular complexity index is 657. The molecule has 3 unspecified atom stereocenters. The highest BCUT2D eigenvalue weighted by Crippen LogP contribution is 2.67. The van der Waals surface area contributed by atoms with Gasteiger partial charge in [0.25, 0.3) is 0 Å². The summed E-state index contributed by atoms with van der Waals surface area (Å²) >= 11 is 0. The average Bonchev–Trinajstić information content (AvgIpc) is 3.21. The maximum atomic E-state index is 11.8. The van der Waals surface area contributed by atoms with E-state index in [2.05, 4.69) is 31.2 Å². The van der Waals surface area contributed by atoms with E-state index in [0.29, 0.717) is 23.0 Å². The summed E-state index contributed by atoms with van der Waals surface area (Å²) in [6.07, 6.45) is 19.5. The van der Waals surface area contributed by atoms with Crippen LogP contribution in [0.25, 0.3) is 0 Å².